The van der Waals surface area contributed by atoms with Gasteiger partial charge in [-0.25, -0.2) is 13.1 Å². The molecule has 1 saturated heterocycles. The van der Waals surface area contributed by atoms with Crippen molar-refractivity contribution in [1.82, 2.24) is 4.72 Å². The lowest BCUT2D eigenvalue weighted by atomic mass is 10.0. The Labute approximate surface area is 127 Å². The molecule has 0 bridgehead atoms. The highest BCUT2D eigenvalue weighted by atomic mass is 79.9. The Bertz CT molecular complexity index is 540. The summed E-state index contributed by atoms with van der Waals surface area (Å²) in [6.07, 6.45) is 2.21. The summed E-state index contributed by atoms with van der Waals surface area (Å²) in [5, 5.41) is 0. The van der Waals surface area contributed by atoms with Gasteiger partial charge in [-0.15, -0.1) is 0 Å². The molecule has 1 N–H and O–H groups in total. The van der Waals surface area contributed by atoms with Gasteiger partial charge < -0.3 is 0 Å². The van der Waals surface area contributed by atoms with Crippen LogP contribution in [0.15, 0.2) is 27.6 Å². The van der Waals surface area contributed by atoms with E-state index in [2.05, 4.69) is 20.7 Å². The molecule has 106 valence electrons. The second kappa shape index (κ2) is 6.61. The molecule has 19 heavy (non-hydrogen) atoms. The van der Waals surface area contributed by atoms with Crippen molar-refractivity contribution in [2.45, 2.75) is 24.7 Å². The molecule has 1 aliphatic rings. The standard InChI is InChI=1S/C13H18BrNO2S2/c1-10-8-12(2-3-13(10)14)19(16,17)15-9-11-4-6-18-7-5-11/h2-3,8,11,15H,4-7,9H2,1H3. The van der Waals surface area contributed by atoms with E-state index in [1.165, 1.54) is 0 Å². The molecule has 0 radical (unpaired) electrons. The lowest BCUT2D eigenvalue weighted by molar-refractivity contribution is 0.476. The number of hydrogen-bond donors (Lipinski definition) is 1. The number of sulfonamides is 1. The van der Waals surface area contributed by atoms with Crippen LogP contribution in [0.1, 0.15) is 18.4 Å². The van der Waals surface area contributed by atoms with Crippen molar-refractivity contribution < 1.29 is 8.42 Å². The fourth-order valence-electron chi connectivity index (χ4n) is 2.05. The zero-order valence-electron chi connectivity index (χ0n) is 10.9. The highest BCUT2D eigenvalue weighted by Crippen LogP contribution is 2.23. The van der Waals surface area contributed by atoms with E-state index < -0.39 is 10.0 Å². The molecule has 0 amide bonds. The molecular formula is C13H18BrNO2S2. The molecule has 3 nitrogen and oxygen atoms in total. The zero-order valence-corrected chi connectivity index (χ0v) is 14.1. The first-order chi connectivity index (χ1) is 8.99. The maximum Gasteiger partial charge on any atom is 0.240 e. The summed E-state index contributed by atoms with van der Waals surface area (Å²) in [6.45, 7) is 2.44. The van der Waals surface area contributed by atoms with Crippen LogP contribution in [0.2, 0.25) is 0 Å². The van der Waals surface area contributed by atoms with Gasteiger partial charge in [-0.3, -0.25) is 0 Å². The van der Waals surface area contributed by atoms with Crippen molar-refractivity contribution in [3.05, 3.63) is 28.2 Å². The molecule has 0 atom stereocenters. The van der Waals surface area contributed by atoms with E-state index in [0.717, 1.165) is 34.4 Å². The lowest BCUT2D eigenvalue weighted by Gasteiger charge is -2.21. The Morgan fingerprint density at radius 1 is 1.37 bits per heavy atom. The van der Waals surface area contributed by atoms with Gasteiger partial charge in [0, 0.05) is 11.0 Å². The van der Waals surface area contributed by atoms with Crippen LogP contribution in [-0.4, -0.2) is 26.5 Å². The molecule has 0 unspecified atom stereocenters. The van der Waals surface area contributed by atoms with Crippen molar-refractivity contribution in [3.8, 4) is 0 Å². The zero-order chi connectivity index (χ0) is 13.9. The van der Waals surface area contributed by atoms with E-state index in [9.17, 15) is 8.42 Å². The summed E-state index contributed by atoms with van der Waals surface area (Å²) >= 11 is 5.33. The summed E-state index contributed by atoms with van der Waals surface area (Å²) in [5.74, 6) is 2.76. The minimum Gasteiger partial charge on any atom is -0.211 e. The van der Waals surface area contributed by atoms with Crippen LogP contribution < -0.4 is 4.72 Å². The molecule has 1 fully saturated rings. The van der Waals surface area contributed by atoms with Crippen LogP contribution in [0.3, 0.4) is 0 Å². The first-order valence-corrected chi connectivity index (χ1v) is 9.76. The second-order valence-corrected chi connectivity index (χ2v) is 8.66. The predicted octanol–water partition coefficient (Wildman–Crippen LogP) is 3.18. The minimum absolute atomic E-state index is 0.346. The molecule has 1 aliphatic heterocycles. The van der Waals surface area contributed by atoms with Gasteiger partial charge in [-0.1, -0.05) is 15.9 Å². The first kappa shape index (κ1) is 15.4. The smallest absolute Gasteiger partial charge is 0.211 e. The quantitative estimate of drug-likeness (QED) is 0.893. The van der Waals surface area contributed by atoms with E-state index in [0.29, 0.717) is 17.4 Å². The van der Waals surface area contributed by atoms with Crippen LogP contribution in [0, 0.1) is 12.8 Å². The highest BCUT2D eigenvalue weighted by Gasteiger charge is 2.19. The van der Waals surface area contributed by atoms with Crippen molar-refractivity contribution in [2.24, 2.45) is 5.92 Å². The Kier molecular flexibility index (Phi) is 5.34. The van der Waals surface area contributed by atoms with E-state index in [4.69, 9.17) is 0 Å². The SMILES string of the molecule is Cc1cc(S(=O)(=O)NCC2CCSCC2)ccc1Br. The Morgan fingerprint density at radius 3 is 2.68 bits per heavy atom. The highest BCUT2D eigenvalue weighted by molar-refractivity contribution is 9.10. The summed E-state index contributed by atoms with van der Waals surface area (Å²) in [4.78, 5) is 0.346. The lowest BCUT2D eigenvalue weighted by Crippen LogP contribution is -2.31. The molecular weight excluding hydrogens is 346 g/mol. The molecule has 0 spiro atoms. The normalized spacial score (nSPS) is 17.6. The number of aryl methyl sites for hydroxylation is 1. The summed E-state index contributed by atoms with van der Waals surface area (Å²) in [6, 6.07) is 5.11. The van der Waals surface area contributed by atoms with Gasteiger partial charge >= 0.3 is 0 Å². The summed E-state index contributed by atoms with van der Waals surface area (Å²) in [7, 11) is -3.38. The van der Waals surface area contributed by atoms with Crippen LogP contribution >= 0.6 is 27.7 Å². The Morgan fingerprint density at radius 2 is 2.05 bits per heavy atom. The molecule has 0 saturated carbocycles. The number of benzene rings is 1. The predicted molar refractivity (Wildman–Crippen MR) is 84.1 cm³/mol. The average Bonchev–Trinajstić information content (AvgIpc) is 2.41. The first-order valence-electron chi connectivity index (χ1n) is 6.32. The van der Waals surface area contributed by atoms with E-state index in [1.54, 1.807) is 18.2 Å². The maximum atomic E-state index is 12.2. The third kappa shape index (κ3) is 4.21. The van der Waals surface area contributed by atoms with Crippen molar-refractivity contribution in [3.63, 3.8) is 0 Å². The van der Waals surface area contributed by atoms with Gasteiger partial charge in [0.05, 0.1) is 4.90 Å². The fraction of sp³-hybridized carbons (Fsp3) is 0.538. The monoisotopic (exact) mass is 363 g/mol. The molecule has 1 heterocycles. The van der Waals surface area contributed by atoms with Gasteiger partial charge in [-0.2, -0.15) is 11.8 Å². The number of rotatable bonds is 4. The maximum absolute atomic E-state index is 12.2. The van der Waals surface area contributed by atoms with Crippen LogP contribution in [-0.2, 0) is 10.0 Å². The number of nitrogens with one attached hydrogen (secondary N) is 1. The molecule has 0 aromatic heterocycles. The van der Waals surface area contributed by atoms with Gasteiger partial charge in [0.2, 0.25) is 10.0 Å². The second-order valence-electron chi connectivity index (χ2n) is 4.82. The Balaban J connectivity index is 2.02. The van der Waals surface area contributed by atoms with Gasteiger partial charge in [0.25, 0.3) is 0 Å². The minimum atomic E-state index is -3.38. The number of halogens is 1. The average molecular weight is 364 g/mol. The third-order valence-electron chi connectivity index (χ3n) is 3.34. The topological polar surface area (TPSA) is 46.2 Å². The molecule has 1 aromatic carbocycles. The summed E-state index contributed by atoms with van der Waals surface area (Å²) < 4.78 is 28.1. The van der Waals surface area contributed by atoms with Crippen LogP contribution in [0.5, 0.6) is 0 Å². The van der Waals surface area contributed by atoms with Crippen LogP contribution in [0.4, 0.5) is 0 Å². The molecule has 1 aromatic rings. The Hall–Kier alpha value is -0.0400. The molecule has 6 heteroatoms. The van der Waals surface area contributed by atoms with Gasteiger partial charge in [0.15, 0.2) is 0 Å². The van der Waals surface area contributed by atoms with Gasteiger partial charge in [-0.05, 0) is 61.0 Å². The third-order valence-corrected chi connectivity index (χ3v) is 6.70. The van der Waals surface area contributed by atoms with Crippen molar-refractivity contribution >= 4 is 37.7 Å². The van der Waals surface area contributed by atoms with Crippen molar-refractivity contribution in [1.29, 1.82) is 0 Å². The molecule has 0 aliphatic carbocycles. The number of hydrogen-bond acceptors (Lipinski definition) is 3. The number of thioether (sulfide) groups is 1. The van der Waals surface area contributed by atoms with E-state index >= 15 is 0 Å². The largest absolute Gasteiger partial charge is 0.240 e. The summed E-state index contributed by atoms with van der Waals surface area (Å²) in [5.41, 5.74) is 0.928. The fourth-order valence-corrected chi connectivity index (χ4v) is 4.70. The van der Waals surface area contributed by atoms with Crippen molar-refractivity contribution in [2.75, 3.05) is 18.1 Å². The van der Waals surface area contributed by atoms with E-state index in [-0.39, 0.29) is 0 Å². The van der Waals surface area contributed by atoms with Gasteiger partial charge in [0.1, 0.15) is 0 Å². The molecule has 2 rings (SSSR count). The van der Waals surface area contributed by atoms with E-state index in [1.807, 2.05) is 18.7 Å². The van der Waals surface area contributed by atoms with Crippen LogP contribution in [0.25, 0.3) is 0 Å².